The van der Waals surface area contributed by atoms with E-state index in [2.05, 4.69) is 35.2 Å². The van der Waals surface area contributed by atoms with Gasteiger partial charge in [-0.3, -0.25) is 4.72 Å². The van der Waals surface area contributed by atoms with Gasteiger partial charge in [0.2, 0.25) is 0 Å². The third-order valence-electron chi connectivity index (χ3n) is 2.52. The number of hydrogen-bond donors (Lipinski definition) is 2. The minimum absolute atomic E-state index is 0.748. The zero-order valence-electron chi connectivity index (χ0n) is 8.63. The van der Waals surface area contributed by atoms with Gasteiger partial charge in [0.25, 0.3) is 0 Å². The van der Waals surface area contributed by atoms with E-state index in [9.17, 15) is 0 Å². The Morgan fingerprint density at radius 1 is 1.50 bits per heavy atom. The van der Waals surface area contributed by atoms with Gasteiger partial charge in [0.1, 0.15) is 0 Å². The lowest BCUT2D eigenvalue weighted by molar-refractivity contribution is 0.592. The highest BCUT2D eigenvalue weighted by molar-refractivity contribution is 7.97. The van der Waals surface area contributed by atoms with Crippen molar-refractivity contribution in [1.82, 2.24) is 4.72 Å². The van der Waals surface area contributed by atoms with E-state index in [1.54, 1.807) is 11.9 Å². The molecule has 0 aromatic heterocycles. The van der Waals surface area contributed by atoms with Crippen LogP contribution in [0.15, 0.2) is 23.1 Å². The van der Waals surface area contributed by atoms with Gasteiger partial charge in [-0.25, -0.2) is 0 Å². The third-order valence-corrected chi connectivity index (χ3v) is 3.28. The van der Waals surface area contributed by atoms with Crippen molar-refractivity contribution in [2.45, 2.75) is 18.2 Å². The average Bonchev–Trinajstić information content (AvgIpc) is 2.18. The van der Waals surface area contributed by atoms with Gasteiger partial charge in [-0.15, -0.1) is 0 Å². The summed E-state index contributed by atoms with van der Waals surface area (Å²) in [4.78, 5) is 1.30. The van der Waals surface area contributed by atoms with Crippen LogP contribution in [0, 0.1) is 5.92 Å². The first-order chi connectivity index (χ1) is 6.81. The predicted molar refractivity (Wildman–Crippen MR) is 62.7 cm³/mol. The van der Waals surface area contributed by atoms with Crippen LogP contribution in [0.1, 0.15) is 12.5 Å². The largest absolute Gasteiger partial charge is 0.384 e. The lowest BCUT2D eigenvalue weighted by Crippen LogP contribution is -2.21. The lowest BCUT2D eigenvalue weighted by atomic mass is 9.96. The van der Waals surface area contributed by atoms with E-state index in [4.69, 9.17) is 0 Å². The Morgan fingerprint density at radius 2 is 2.36 bits per heavy atom. The van der Waals surface area contributed by atoms with Gasteiger partial charge in [-0.2, -0.15) is 0 Å². The number of nitrogens with one attached hydrogen (secondary N) is 2. The summed E-state index contributed by atoms with van der Waals surface area (Å²) >= 11 is 1.68. The summed E-state index contributed by atoms with van der Waals surface area (Å²) < 4.78 is 3.12. The topological polar surface area (TPSA) is 24.1 Å². The molecular formula is C11H16N2S. The number of para-hydroxylation sites is 1. The summed E-state index contributed by atoms with van der Waals surface area (Å²) in [5.41, 5.74) is 2.77. The Bertz CT molecular complexity index is 311. The lowest BCUT2D eigenvalue weighted by Gasteiger charge is -2.25. The average molecular weight is 208 g/mol. The summed E-state index contributed by atoms with van der Waals surface area (Å²) in [7, 11) is 1.95. The van der Waals surface area contributed by atoms with Crippen LogP contribution >= 0.6 is 11.9 Å². The summed E-state index contributed by atoms with van der Waals surface area (Å²) in [5, 5.41) is 3.50. The second-order valence-corrected chi connectivity index (χ2v) is 4.84. The molecule has 0 fully saturated rings. The van der Waals surface area contributed by atoms with Crippen LogP contribution in [0.5, 0.6) is 0 Å². The Morgan fingerprint density at radius 3 is 3.14 bits per heavy atom. The van der Waals surface area contributed by atoms with Gasteiger partial charge in [-0.1, -0.05) is 19.1 Å². The normalized spacial score (nSPS) is 20.0. The molecule has 3 heteroatoms. The Balaban J connectivity index is 2.31. The maximum Gasteiger partial charge on any atom is 0.0524 e. The molecule has 76 valence electrons. The molecule has 1 heterocycles. The quantitative estimate of drug-likeness (QED) is 0.730. The first-order valence-electron chi connectivity index (χ1n) is 5.00. The fraction of sp³-hybridized carbons (Fsp3) is 0.455. The number of benzene rings is 1. The van der Waals surface area contributed by atoms with Gasteiger partial charge in [0.15, 0.2) is 0 Å². The molecule has 1 unspecified atom stereocenters. The number of hydrogen-bond acceptors (Lipinski definition) is 3. The molecule has 1 aromatic rings. The van der Waals surface area contributed by atoms with Crippen LogP contribution in [-0.4, -0.2) is 13.6 Å². The van der Waals surface area contributed by atoms with Crippen molar-refractivity contribution in [3.05, 3.63) is 23.8 Å². The minimum atomic E-state index is 0.748. The molecule has 1 aliphatic heterocycles. The molecule has 1 aliphatic rings. The fourth-order valence-corrected chi connectivity index (χ4v) is 2.54. The van der Waals surface area contributed by atoms with Crippen molar-refractivity contribution in [3.63, 3.8) is 0 Å². The molecule has 0 saturated heterocycles. The monoisotopic (exact) mass is 208 g/mol. The van der Waals surface area contributed by atoms with Gasteiger partial charge in [0, 0.05) is 11.4 Å². The van der Waals surface area contributed by atoms with Crippen LogP contribution in [0.4, 0.5) is 5.69 Å². The summed E-state index contributed by atoms with van der Waals surface area (Å²) in [6, 6.07) is 6.51. The molecule has 1 atom stereocenters. The van der Waals surface area contributed by atoms with E-state index >= 15 is 0 Å². The van der Waals surface area contributed by atoms with Crippen LogP contribution in [-0.2, 0) is 6.42 Å². The van der Waals surface area contributed by atoms with E-state index in [1.807, 2.05) is 7.05 Å². The van der Waals surface area contributed by atoms with Crippen LogP contribution < -0.4 is 10.0 Å². The van der Waals surface area contributed by atoms with E-state index in [-0.39, 0.29) is 0 Å². The minimum Gasteiger partial charge on any atom is -0.384 e. The number of fused-ring (bicyclic) bond motifs is 1. The summed E-state index contributed by atoms with van der Waals surface area (Å²) in [5.74, 6) is 0.748. The zero-order valence-corrected chi connectivity index (χ0v) is 9.45. The highest BCUT2D eigenvalue weighted by atomic mass is 32.2. The van der Waals surface area contributed by atoms with Crippen molar-refractivity contribution >= 4 is 17.6 Å². The summed E-state index contributed by atoms with van der Waals surface area (Å²) in [6.07, 6.45) is 1.19. The number of anilines is 1. The standard InChI is InChI=1S/C11H16N2S/c1-8-6-9-4-3-5-10(14-12-2)11(9)13-7-8/h3-5,8,12-13H,6-7H2,1-2H3. The van der Waals surface area contributed by atoms with Crippen molar-refractivity contribution in [2.75, 3.05) is 18.9 Å². The molecule has 0 radical (unpaired) electrons. The first kappa shape index (κ1) is 9.87. The first-order valence-corrected chi connectivity index (χ1v) is 5.82. The smallest absolute Gasteiger partial charge is 0.0524 e. The molecule has 2 rings (SSSR count). The van der Waals surface area contributed by atoms with Gasteiger partial charge in [0.05, 0.1) is 5.69 Å². The van der Waals surface area contributed by atoms with Crippen LogP contribution in [0.2, 0.25) is 0 Å². The Labute approximate surface area is 89.6 Å². The molecule has 2 nitrogen and oxygen atoms in total. The van der Waals surface area contributed by atoms with Crippen molar-refractivity contribution < 1.29 is 0 Å². The predicted octanol–water partition coefficient (Wildman–Crippen LogP) is 2.52. The van der Waals surface area contributed by atoms with E-state index in [1.165, 1.54) is 22.6 Å². The fourth-order valence-electron chi connectivity index (χ4n) is 1.87. The van der Waals surface area contributed by atoms with E-state index in [0.717, 1.165) is 12.5 Å². The second-order valence-electron chi connectivity index (χ2n) is 3.79. The molecule has 0 saturated carbocycles. The number of rotatable bonds is 2. The summed E-state index contributed by atoms with van der Waals surface area (Å²) in [6.45, 7) is 3.38. The van der Waals surface area contributed by atoms with Gasteiger partial charge >= 0.3 is 0 Å². The molecule has 2 N–H and O–H groups in total. The highest BCUT2D eigenvalue weighted by Crippen LogP contribution is 2.32. The molecule has 1 aromatic carbocycles. The van der Waals surface area contributed by atoms with Crippen LogP contribution in [0.25, 0.3) is 0 Å². The Kier molecular flexibility index (Phi) is 2.99. The van der Waals surface area contributed by atoms with E-state index < -0.39 is 0 Å². The van der Waals surface area contributed by atoms with Crippen molar-refractivity contribution in [2.24, 2.45) is 5.92 Å². The molecule has 0 spiro atoms. The molecular weight excluding hydrogens is 192 g/mol. The van der Waals surface area contributed by atoms with E-state index in [0.29, 0.717) is 0 Å². The van der Waals surface area contributed by atoms with Crippen molar-refractivity contribution in [1.29, 1.82) is 0 Å². The SMILES string of the molecule is CNSc1cccc2c1NCC(C)C2. The van der Waals surface area contributed by atoms with Crippen LogP contribution in [0.3, 0.4) is 0 Å². The maximum absolute atomic E-state index is 3.50. The maximum atomic E-state index is 3.50. The molecule has 0 amide bonds. The highest BCUT2D eigenvalue weighted by Gasteiger charge is 2.16. The Hall–Kier alpha value is -0.670. The second kappa shape index (κ2) is 4.24. The molecule has 0 aliphatic carbocycles. The molecule has 0 bridgehead atoms. The third kappa shape index (κ3) is 1.88. The van der Waals surface area contributed by atoms with Gasteiger partial charge < -0.3 is 5.32 Å². The van der Waals surface area contributed by atoms with Gasteiger partial charge in [-0.05, 0) is 43.0 Å². The molecule has 14 heavy (non-hydrogen) atoms. The van der Waals surface area contributed by atoms with Crippen molar-refractivity contribution in [3.8, 4) is 0 Å². The zero-order chi connectivity index (χ0) is 9.97.